The zero-order chi connectivity index (χ0) is 13.0. The molecule has 2 aromatic rings. The van der Waals surface area contributed by atoms with Crippen LogP contribution in [0.25, 0.3) is 9.65 Å². The molecule has 0 aliphatic heterocycles. The van der Waals surface area contributed by atoms with Crippen molar-refractivity contribution in [2.24, 2.45) is 0 Å². The average Bonchev–Trinajstić information content (AvgIpc) is 2.78. The van der Waals surface area contributed by atoms with E-state index in [4.69, 9.17) is 14.2 Å². The van der Waals surface area contributed by atoms with E-state index in [1.165, 1.54) is 14.1 Å². The van der Waals surface area contributed by atoms with E-state index >= 15 is 0 Å². The molecule has 96 valence electrons. The summed E-state index contributed by atoms with van der Waals surface area (Å²) in [5, 5.41) is 1.17. The number of ether oxygens (including phenoxy) is 3. The normalized spacial score (nSPS) is 10.3. The molecule has 2 rings (SSSR count). The fraction of sp³-hybridized carbons (Fsp3) is 0.308. The topological polar surface area (TPSA) is 44.8 Å². The van der Waals surface area contributed by atoms with Gasteiger partial charge >= 0.3 is 111 Å². The molecular formula is C13H14O4Se. The summed E-state index contributed by atoms with van der Waals surface area (Å²) in [5.74, 6) is 1.51. The number of benzene rings is 1. The molecule has 18 heavy (non-hydrogen) atoms. The molecule has 0 N–H and O–H groups in total. The maximum absolute atomic E-state index is 10.1. The first-order valence-corrected chi connectivity index (χ1v) is 7.19. The van der Waals surface area contributed by atoms with Crippen LogP contribution in [0.1, 0.15) is 4.44 Å². The summed E-state index contributed by atoms with van der Waals surface area (Å²) in [6, 6.07) is 6.16. The Morgan fingerprint density at radius 3 is 2.56 bits per heavy atom. The van der Waals surface area contributed by atoms with Crippen molar-refractivity contribution < 1.29 is 19.0 Å². The molecule has 4 nitrogen and oxygen atoms in total. The van der Waals surface area contributed by atoms with Crippen molar-refractivity contribution in [3.8, 4) is 11.5 Å². The Bertz CT molecular complexity index is 506. The van der Waals surface area contributed by atoms with Crippen molar-refractivity contribution in [3.63, 3.8) is 0 Å². The summed E-state index contributed by atoms with van der Waals surface area (Å²) in [6.45, 7) is 0.932. The van der Waals surface area contributed by atoms with Gasteiger partial charge in [-0.15, -0.1) is 0 Å². The molecular weight excluding hydrogens is 299 g/mol. The quantitative estimate of drug-likeness (QED) is 0.462. The van der Waals surface area contributed by atoms with E-state index in [0.29, 0.717) is 13.1 Å². The molecule has 1 aromatic heterocycles. The Hall–Kier alpha value is -1.45. The first-order chi connectivity index (χ1) is 8.78. The molecule has 0 saturated carbocycles. The Balaban J connectivity index is 2.29. The molecule has 0 bridgehead atoms. The Morgan fingerprint density at radius 1 is 1.17 bits per heavy atom. The van der Waals surface area contributed by atoms with Gasteiger partial charge in [-0.1, -0.05) is 0 Å². The van der Waals surface area contributed by atoms with Crippen molar-refractivity contribution in [2.45, 2.75) is 6.42 Å². The van der Waals surface area contributed by atoms with E-state index in [2.05, 4.69) is 6.07 Å². The van der Waals surface area contributed by atoms with Gasteiger partial charge in [0, 0.05) is 0 Å². The van der Waals surface area contributed by atoms with Crippen molar-refractivity contribution in [3.05, 3.63) is 22.6 Å². The third-order valence-corrected chi connectivity index (χ3v) is 5.04. The van der Waals surface area contributed by atoms with Crippen molar-refractivity contribution in [2.75, 3.05) is 20.8 Å². The molecule has 1 aromatic carbocycles. The Kier molecular flexibility index (Phi) is 4.28. The number of rotatable bonds is 6. The summed E-state index contributed by atoms with van der Waals surface area (Å²) in [4.78, 5) is 10.1. The second-order valence-electron chi connectivity index (χ2n) is 3.67. The van der Waals surface area contributed by atoms with Gasteiger partial charge in [0.1, 0.15) is 0 Å². The van der Waals surface area contributed by atoms with Crippen LogP contribution in [0.15, 0.2) is 18.2 Å². The van der Waals surface area contributed by atoms with E-state index in [9.17, 15) is 4.79 Å². The number of hydrogen-bond acceptors (Lipinski definition) is 4. The molecule has 0 radical (unpaired) electrons. The standard InChI is InChI=1S/C13H14O4Se/c1-15-11-6-9-5-10(3-4-17-8-14)18-13(9)7-12(11)16-2/h5-8H,3-4H2,1-2H3. The van der Waals surface area contributed by atoms with Crippen LogP contribution in [-0.4, -0.2) is 41.8 Å². The van der Waals surface area contributed by atoms with Crippen molar-refractivity contribution in [1.29, 1.82) is 0 Å². The van der Waals surface area contributed by atoms with Crippen LogP contribution in [0.3, 0.4) is 0 Å². The van der Waals surface area contributed by atoms with Gasteiger partial charge in [-0.05, 0) is 0 Å². The molecule has 0 spiro atoms. The molecule has 0 saturated heterocycles. The second kappa shape index (κ2) is 5.94. The van der Waals surface area contributed by atoms with Gasteiger partial charge in [0.2, 0.25) is 0 Å². The third kappa shape index (κ3) is 2.68. The zero-order valence-electron chi connectivity index (χ0n) is 10.3. The summed E-state index contributed by atoms with van der Waals surface area (Å²) >= 11 is 0.279. The molecule has 0 amide bonds. The van der Waals surface area contributed by atoms with Gasteiger partial charge in [-0.3, -0.25) is 0 Å². The Labute approximate surface area is 111 Å². The maximum atomic E-state index is 10.1. The van der Waals surface area contributed by atoms with Gasteiger partial charge in [-0.25, -0.2) is 0 Å². The van der Waals surface area contributed by atoms with E-state index in [0.717, 1.165) is 17.9 Å². The van der Waals surface area contributed by atoms with Crippen LogP contribution in [-0.2, 0) is 16.0 Å². The number of carbonyl (C=O) groups is 1. The minimum atomic E-state index is 0.279. The van der Waals surface area contributed by atoms with Crippen LogP contribution in [0.2, 0.25) is 0 Å². The predicted octanol–water partition coefficient (Wildman–Crippen LogP) is 1.63. The van der Waals surface area contributed by atoms with Crippen LogP contribution in [0.4, 0.5) is 0 Å². The van der Waals surface area contributed by atoms with Crippen LogP contribution < -0.4 is 9.47 Å². The molecule has 1 heterocycles. The molecule has 0 unspecified atom stereocenters. The average molecular weight is 313 g/mol. The fourth-order valence-electron chi connectivity index (χ4n) is 1.75. The van der Waals surface area contributed by atoms with E-state index in [1.54, 1.807) is 14.2 Å². The van der Waals surface area contributed by atoms with Crippen LogP contribution >= 0.6 is 0 Å². The number of methoxy groups -OCH3 is 2. The van der Waals surface area contributed by atoms with Gasteiger partial charge in [0.25, 0.3) is 0 Å². The van der Waals surface area contributed by atoms with Crippen LogP contribution in [0.5, 0.6) is 11.5 Å². The first kappa shape index (κ1) is 13.0. The van der Waals surface area contributed by atoms with Gasteiger partial charge in [-0.2, -0.15) is 0 Å². The van der Waals surface area contributed by atoms with Crippen molar-refractivity contribution >= 4 is 30.6 Å². The predicted molar refractivity (Wildman–Crippen MR) is 69.7 cm³/mol. The van der Waals surface area contributed by atoms with Crippen LogP contribution in [0, 0.1) is 0 Å². The minimum absolute atomic E-state index is 0.279. The number of fused-ring (bicyclic) bond motifs is 1. The summed E-state index contributed by atoms with van der Waals surface area (Å²) in [6.07, 6.45) is 0.790. The summed E-state index contributed by atoms with van der Waals surface area (Å²) in [5.41, 5.74) is 0. The Morgan fingerprint density at radius 2 is 1.89 bits per heavy atom. The van der Waals surface area contributed by atoms with E-state index in [-0.39, 0.29) is 14.5 Å². The monoisotopic (exact) mass is 314 g/mol. The van der Waals surface area contributed by atoms with E-state index < -0.39 is 0 Å². The molecule has 0 aliphatic carbocycles. The molecule has 0 aliphatic rings. The van der Waals surface area contributed by atoms with Gasteiger partial charge in [0.15, 0.2) is 0 Å². The van der Waals surface area contributed by atoms with E-state index in [1.807, 2.05) is 12.1 Å². The number of hydrogen-bond donors (Lipinski definition) is 0. The number of carbonyl (C=O) groups excluding carboxylic acids is 1. The van der Waals surface area contributed by atoms with Gasteiger partial charge in [0.05, 0.1) is 0 Å². The molecule has 0 fully saturated rings. The second-order valence-corrected chi connectivity index (χ2v) is 6.13. The fourth-order valence-corrected chi connectivity index (χ4v) is 3.97. The molecule has 0 atom stereocenters. The summed E-state index contributed by atoms with van der Waals surface area (Å²) < 4.78 is 17.9. The summed E-state index contributed by atoms with van der Waals surface area (Å²) in [7, 11) is 3.27. The zero-order valence-corrected chi connectivity index (χ0v) is 12.0. The first-order valence-electron chi connectivity index (χ1n) is 5.48. The SMILES string of the molecule is COc1cc2cc(CCOC=O)[se]c2cc1OC. The molecule has 5 heteroatoms. The van der Waals surface area contributed by atoms with Gasteiger partial charge < -0.3 is 0 Å². The third-order valence-electron chi connectivity index (χ3n) is 2.61. The van der Waals surface area contributed by atoms with Crippen molar-refractivity contribution in [1.82, 2.24) is 0 Å².